The number of nitrogens with zero attached hydrogens (tertiary/aromatic N) is 2. The molecule has 0 spiro atoms. The lowest BCUT2D eigenvalue weighted by Crippen LogP contribution is -2.40. The number of rotatable bonds is 2. The molecule has 3 nitrogen and oxygen atoms in total. The zero-order chi connectivity index (χ0) is 12.1. The minimum atomic E-state index is 0.685. The summed E-state index contributed by atoms with van der Waals surface area (Å²) in [5.41, 5.74) is 8.51. The lowest BCUT2D eigenvalue weighted by atomic mass is 10.1. The van der Waals surface area contributed by atoms with E-state index in [1.807, 2.05) is 0 Å². The molecule has 92 valence electrons. The van der Waals surface area contributed by atoms with Gasteiger partial charge in [-0.2, -0.15) is 0 Å². The lowest BCUT2D eigenvalue weighted by Gasteiger charge is -2.27. The van der Waals surface area contributed by atoms with Crippen LogP contribution in [-0.4, -0.2) is 23.9 Å². The van der Waals surface area contributed by atoms with Crippen molar-refractivity contribution in [3.05, 3.63) is 35.4 Å². The Morgan fingerprint density at radius 3 is 2.76 bits per heavy atom. The van der Waals surface area contributed by atoms with Gasteiger partial charge in [0.15, 0.2) is 5.96 Å². The second-order valence-corrected chi connectivity index (χ2v) is 4.71. The van der Waals surface area contributed by atoms with Crippen molar-refractivity contribution in [3.63, 3.8) is 0 Å². The average molecular weight is 231 g/mol. The van der Waals surface area contributed by atoms with Crippen molar-refractivity contribution in [2.75, 3.05) is 13.1 Å². The predicted octanol–water partition coefficient (Wildman–Crippen LogP) is 2.30. The quantitative estimate of drug-likeness (QED) is 0.627. The molecule has 1 saturated heterocycles. The summed E-state index contributed by atoms with van der Waals surface area (Å²) in [6, 6.07) is 8.42. The Labute approximate surface area is 103 Å². The van der Waals surface area contributed by atoms with Gasteiger partial charge in [0.1, 0.15) is 0 Å². The number of piperidine rings is 1. The zero-order valence-corrected chi connectivity index (χ0v) is 10.5. The van der Waals surface area contributed by atoms with Crippen LogP contribution in [0.15, 0.2) is 29.3 Å². The van der Waals surface area contributed by atoms with Crippen LogP contribution in [0.2, 0.25) is 0 Å². The van der Waals surface area contributed by atoms with Crippen LogP contribution in [-0.2, 0) is 6.54 Å². The number of hydrogen-bond acceptors (Lipinski definition) is 1. The van der Waals surface area contributed by atoms with Crippen LogP contribution in [0.25, 0.3) is 0 Å². The number of likely N-dealkylation sites (tertiary alicyclic amines) is 1. The Morgan fingerprint density at radius 1 is 1.29 bits per heavy atom. The standard InChI is InChI=1S/C14H21N3/c1-12-6-5-7-13(10-12)11-16-14(15)17-8-3-2-4-9-17/h5-7,10H,2-4,8-9,11H2,1H3,(H2,15,16). The zero-order valence-electron chi connectivity index (χ0n) is 10.5. The Bertz CT molecular complexity index is 392. The van der Waals surface area contributed by atoms with Crippen LogP contribution in [0, 0.1) is 6.92 Å². The van der Waals surface area contributed by atoms with E-state index in [0.717, 1.165) is 13.1 Å². The van der Waals surface area contributed by atoms with E-state index in [9.17, 15) is 0 Å². The van der Waals surface area contributed by atoms with Crippen LogP contribution in [0.1, 0.15) is 30.4 Å². The molecule has 3 heteroatoms. The highest BCUT2D eigenvalue weighted by Gasteiger charge is 2.11. The molecule has 0 atom stereocenters. The molecule has 1 aliphatic rings. The van der Waals surface area contributed by atoms with Crippen molar-refractivity contribution < 1.29 is 0 Å². The topological polar surface area (TPSA) is 41.6 Å². The van der Waals surface area contributed by atoms with Crippen LogP contribution in [0.4, 0.5) is 0 Å². The molecule has 1 aromatic rings. The van der Waals surface area contributed by atoms with Crippen molar-refractivity contribution in [2.45, 2.75) is 32.7 Å². The minimum absolute atomic E-state index is 0.685. The highest BCUT2D eigenvalue weighted by molar-refractivity contribution is 5.78. The van der Waals surface area contributed by atoms with Crippen molar-refractivity contribution >= 4 is 5.96 Å². The smallest absolute Gasteiger partial charge is 0.191 e. The Kier molecular flexibility index (Phi) is 4.02. The first-order chi connectivity index (χ1) is 8.25. The molecule has 1 aromatic carbocycles. The average Bonchev–Trinajstić information content (AvgIpc) is 2.37. The molecule has 0 aromatic heterocycles. The largest absolute Gasteiger partial charge is 0.370 e. The number of aryl methyl sites for hydroxylation is 1. The van der Waals surface area contributed by atoms with E-state index in [4.69, 9.17) is 5.73 Å². The molecule has 1 aliphatic heterocycles. The molecule has 1 heterocycles. The van der Waals surface area contributed by atoms with Crippen LogP contribution in [0.3, 0.4) is 0 Å². The van der Waals surface area contributed by atoms with Gasteiger partial charge in [-0.15, -0.1) is 0 Å². The van der Waals surface area contributed by atoms with Gasteiger partial charge in [-0.25, -0.2) is 4.99 Å². The third-order valence-electron chi connectivity index (χ3n) is 3.19. The Morgan fingerprint density at radius 2 is 2.06 bits per heavy atom. The summed E-state index contributed by atoms with van der Waals surface area (Å²) in [6.45, 7) is 4.90. The SMILES string of the molecule is Cc1cccc(CN=C(N)N2CCCCC2)c1. The number of aliphatic imine (C=N–C) groups is 1. The second kappa shape index (κ2) is 5.71. The maximum absolute atomic E-state index is 6.01. The van der Waals surface area contributed by atoms with E-state index in [2.05, 4.69) is 41.1 Å². The van der Waals surface area contributed by atoms with E-state index in [0.29, 0.717) is 12.5 Å². The van der Waals surface area contributed by atoms with E-state index in [1.54, 1.807) is 0 Å². The first-order valence-electron chi connectivity index (χ1n) is 6.36. The van der Waals surface area contributed by atoms with Crippen molar-refractivity contribution in [1.82, 2.24) is 4.90 Å². The van der Waals surface area contributed by atoms with Gasteiger partial charge < -0.3 is 10.6 Å². The first kappa shape index (κ1) is 12.0. The van der Waals surface area contributed by atoms with Crippen LogP contribution >= 0.6 is 0 Å². The molecule has 17 heavy (non-hydrogen) atoms. The van der Waals surface area contributed by atoms with Crippen LogP contribution < -0.4 is 5.73 Å². The fraction of sp³-hybridized carbons (Fsp3) is 0.500. The van der Waals surface area contributed by atoms with Gasteiger partial charge in [0.2, 0.25) is 0 Å². The molecule has 0 bridgehead atoms. The molecular weight excluding hydrogens is 210 g/mol. The summed E-state index contributed by atoms with van der Waals surface area (Å²) in [5, 5.41) is 0. The van der Waals surface area contributed by atoms with Gasteiger partial charge >= 0.3 is 0 Å². The summed E-state index contributed by atoms with van der Waals surface area (Å²) in [5.74, 6) is 0.700. The molecular formula is C14H21N3. The molecule has 0 amide bonds. The van der Waals surface area contributed by atoms with Gasteiger partial charge in [0.05, 0.1) is 6.54 Å². The Balaban J connectivity index is 1.95. The second-order valence-electron chi connectivity index (χ2n) is 4.71. The fourth-order valence-corrected chi connectivity index (χ4v) is 2.21. The highest BCUT2D eigenvalue weighted by atomic mass is 15.2. The number of guanidine groups is 1. The molecule has 0 saturated carbocycles. The maximum atomic E-state index is 6.01. The van der Waals surface area contributed by atoms with Gasteiger partial charge in [0.25, 0.3) is 0 Å². The van der Waals surface area contributed by atoms with Crippen LogP contribution in [0.5, 0.6) is 0 Å². The summed E-state index contributed by atoms with van der Waals surface area (Å²) < 4.78 is 0. The van der Waals surface area contributed by atoms with Crippen molar-refractivity contribution in [2.24, 2.45) is 10.7 Å². The predicted molar refractivity (Wildman–Crippen MR) is 71.9 cm³/mol. The van der Waals surface area contributed by atoms with E-state index < -0.39 is 0 Å². The summed E-state index contributed by atoms with van der Waals surface area (Å²) >= 11 is 0. The molecule has 0 radical (unpaired) electrons. The summed E-state index contributed by atoms with van der Waals surface area (Å²) in [4.78, 5) is 6.67. The van der Waals surface area contributed by atoms with Gasteiger partial charge in [-0.05, 0) is 31.7 Å². The van der Waals surface area contributed by atoms with Gasteiger partial charge in [0, 0.05) is 13.1 Å². The summed E-state index contributed by atoms with van der Waals surface area (Å²) in [7, 11) is 0. The minimum Gasteiger partial charge on any atom is -0.370 e. The number of nitrogens with two attached hydrogens (primary N) is 1. The fourth-order valence-electron chi connectivity index (χ4n) is 2.21. The third kappa shape index (κ3) is 3.48. The van der Waals surface area contributed by atoms with Gasteiger partial charge in [-0.3, -0.25) is 0 Å². The Hall–Kier alpha value is -1.51. The summed E-state index contributed by atoms with van der Waals surface area (Å²) in [6.07, 6.45) is 3.79. The molecule has 0 aliphatic carbocycles. The molecule has 1 fully saturated rings. The van der Waals surface area contributed by atoms with Crippen molar-refractivity contribution in [1.29, 1.82) is 0 Å². The van der Waals surface area contributed by atoms with Gasteiger partial charge in [-0.1, -0.05) is 29.8 Å². The molecule has 2 rings (SSSR count). The van der Waals surface area contributed by atoms with Crippen molar-refractivity contribution in [3.8, 4) is 0 Å². The number of hydrogen-bond donors (Lipinski definition) is 1. The molecule has 2 N–H and O–H groups in total. The number of benzene rings is 1. The third-order valence-corrected chi connectivity index (χ3v) is 3.19. The lowest BCUT2D eigenvalue weighted by molar-refractivity contribution is 0.338. The molecule has 0 unspecified atom stereocenters. The van der Waals surface area contributed by atoms with E-state index >= 15 is 0 Å². The maximum Gasteiger partial charge on any atom is 0.191 e. The first-order valence-corrected chi connectivity index (χ1v) is 6.36. The monoisotopic (exact) mass is 231 g/mol. The van der Waals surface area contributed by atoms with E-state index in [-0.39, 0.29) is 0 Å². The highest BCUT2D eigenvalue weighted by Crippen LogP contribution is 2.09. The normalized spacial score (nSPS) is 17.2. The van der Waals surface area contributed by atoms with E-state index in [1.165, 1.54) is 30.4 Å².